The number of carbonyl (C=O) groups excluding carboxylic acids is 1. The Balaban J connectivity index is 2.19. The summed E-state index contributed by atoms with van der Waals surface area (Å²) in [5, 5.41) is 0. The first-order chi connectivity index (χ1) is 9.44. The van der Waals surface area contributed by atoms with Gasteiger partial charge in [0.15, 0.2) is 11.6 Å². The summed E-state index contributed by atoms with van der Waals surface area (Å²) in [5.41, 5.74) is -0.127. The lowest BCUT2D eigenvalue weighted by molar-refractivity contribution is -0.128. The van der Waals surface area contributed by atoms with E-state index in [2.05, 4.69) is 13.8 Å². The Morgan fingerprint density at radius 3 is 2.50 bits per heavy atom. The fraction of sp³-hybridized carbons (Fsp3) is 0.588. The Hall–Kier alpha value is -1.25. The predicted octanol–water partition coefficient (Wildman–Crippen LogP) is 4.68. The summed E-state index contributed by atoms with van der Waals surface area (Å²) >= 11 is 0. The average molecular weight is 280 g/mol. The number of ketones is 1. The smallest absolute Gasteiger partial charge is 0.162 e. The maximum absolute atomic E-state index is 13.7. The molecule has 0 bridgehead atoms. The number of Topliss-reactive ketones (excluding diaryl/α,β-unsaturated/α-hetero) is 1. The van der Waals surface area contributed by atoms with Crippen molar-refractivity contribution < 1.29 is 13.6 Å². The predicted molar refractivity (Wildman–Crippen MR) is 75.4 cm³/mol. The van der Waals surface area contributed by atoms with Crippen LogP contribution >= 0.6 is 0 Å². The molecular weight excluding hydrogens is 258 g/mol. The molecule has 110 valence electrons. The minimum absolute atomic E-state index is 0.0102. The zero-order valence-electron chi connectivity index (χ0n) is 12.2. The summed E-state index contributed by atoms with van der Waals surface area (Å²) in [6, 6.07) is 4.06. The van der Waals surface area contributed by atoms with E-state index in [9.17, 15) is 13.6 Å². The van der Waals surface area contributed by atoms with Gasteiger partial charge in [-0.2, -0.15) is 0 Å². The lowest BCUT2D eigenvalue weighted by Crippen LogP contribution is -2.31. The highest BCUT2D eigenvalue weighted by Crippen LogP contribution is 2.44. The third kappa shape index (κ3) is 3.08. The molecule has 0 aromatic heterocycles. The summed E-state index contributed by atoms with van der Waals surface area (Å²) in [6.07, 6.45) is 4.76. The molecule has 0 saturated heterocycles. The van der Waals surface area contributed by atoms with Crippen molar-refractivity contribution in [2.45, 2.75) is 52.4 Å². The van der Waals surface area contributed by atoms with Crippen molar-refractivity contribution in [3.63, 3.8) is 0 Å². The molecule has 0 spiro atoms. The van der Waals surface area contributed by atoms with Gasteiger partial charge in [0, 0.05) is 11.8 Å². The zero-order valence-corrected chi connectivity index (χ0v) is 12.2. The molecule has 1 saturated carbocycles. The first kappa shape index (κ1) is 15.1. The molecule has 1 aliphatic carbocycles. The van der Waals surface area contributed by atoms with Crippen LogP contribution in [0.4, 0.5) is 8.78 Å². The first-order valence-electron chi connectivity index (χ1n) is 7.41. The van der Waals surface area contributed by atoms with Crippen LogP contribution in [0.3, 0.4) is 0 Å². The van der Waals surface area contributed by atoms with Crippen molar-refractivity contribution >= 4 is 5.78 Å². The molecule has 0 atom stereocenters. The van der Waals surface area contributed by atoms with Gasteiger partial charge in [0.05, 0.1) is 0 Å². The summed E-state index contributed by atoms with van der Waals surface area (Å²) < 4.78 is 26.9. The molecule has 1 aliphatic rings. The molecule has 1 aromatic rings. The van der Waals surface area contributed by atoms with Crippen molar-refractivity contribution in [2.75, 3.05) is 0 Å². The van der Waals surface area contributed by atoms with Crippen LogP contribution in [0.2, 0.25) is 0 Å². The first-order valence-corrected chi connectivity index (χ1v) is 7.41. The van der Waals surface area contributed by atoms with E-state index in [0.29, 0.717) is 5.92 Å². The molecule has 0 amide bonds. The number of hydrogen-bond donors (Lipinski definition) is 0. The number of halogens is 2. The second-order valence-electron chi connectivity index (χ2n) is 6.40. The highest BCUT2D eigenvalue weighted by Gasteiger charge is 2.40. The SMILES string of the molecule is CC(C)CC1(C(=O)Cc2cccc(F)c2F)CCCC1. The molecule has 20 heavy (non-hydrogen) atoms. The second kappa shape index (κ2) is 6.02. The molecule has 0 heterocycles. The zero-order chi connectivity index (χ0) is 14.8. The van der Waals surface area contributed by atoms with Gasteiger partial charge in [-0.1, -0.05) is 38.8 Å². The Morgan fingerprint density at radius 2 is 1.90 bits per heavy atom. The normalized spacial score (nSPS) is 17.6. The third-order valence-electron chi connectivity index (χ3n) is 4.33. The Labute approximate surface area is 119 Å². The molecule has 0 unspecified atom stereocenters. The minimum Gasteiger partial charge on any atom is -0.299 e. The summed E-state index contributed by atoms with van der Waals surface area (Å²) in [6.45, 7) is 4.21. The van der Waals surface area contributed by atoms with E-state index in [4.69, 9.17) is 0 Å². The van der Waals surface area contributed by atoms with Crippen LogP contribution in [-0.2, 0) is 11.2 Å². The average Bonchev–Trinajstić information content (AvgIpc) is 2.84. The summed E-state index contributed by atoms with van der Waals surface area (Å²) in [4.78, 5) is 12.6. The van der Waals surface area contributed by atoms with E-state index >= 15 is 0 Å². The molecule has 0 aliphatic heterocycles. The number of rotatable bonds is 5. The quantitative estimate of drug-likeness (QED) is 0.765. The molecule has 0 radical (unpaired) electrons. The number of carbonyl (C=O) groups is 1. The van der Waals surface area contributed by atoms with E-state index in [1.54, 1.807) is 0 Å². The largest absolute Gasteiger partial charge is 0.299 e. The topological polar surface area (TPSA) is 17.1 Å². The van der Waals surface area contributed by atoms with Gasteiger partial charge in [-0.05, 0) is 36.8 Å². The third-order valence-corrected chi connectivity index (χ3v) is 4.33. The Bertz CT molecular complexity index is 488. The fourth-order valence-corrected chi connectivity index (χ4v) is 3.48. The maximum Gasteiger partial charge on any atom is 0.162 e. The number of benzene rings is 1. The monoisotopic (exact) mass is 280 g/mol. The van der Waals surface area contributed by atoms with Crippen molar-refractivity contribution in [3.8, 4) is 0 Å². The second-order valence-corrected chi connectivity index (χ2v) is 6.40. The number of hydrogen-bond acceptors (Lipinski definition) is 1. The Morgan fingerprint density at radius 1 is 1.25 bits per heavy atom. The van der Waals surface area contributed by atoms with E-state index in [1.165, 1.54) is 12.1 Å². The van der Waals surface area contributed by atoms with Gasteiger partial charge in [0.2, 0.25) is 0 Å². The van der Waals surface area contributed by atoms with Crippen LogP contribution in [-0.4, -0.2) is 5.78 Å². The van der Waals surface area contributed by atoms with Crippen LogP contribution in [0, 0.1) is 23.0 Å². The maximum atomic E-state index is 13.7. The van der Waals surface area contributed by atoms with Gasteiger partial charge in [-0.3, -0.25) is 4.79 Å². The van der Waals surface area contributed by atoms with Crippen LogP contribution in [0.1, 0.15) is 51.5 Å². The van der Waals surface area contributed by atoms with Crippen molar-refractivity contribution in [1.82, 2.24) is 0 Å². The highest BCUT2D eigenvalue weighted by atomic mass is 19.2. The van der Waals surface area contributed by atoms with Crippen LogP contribution in [0.5, 0.6) is 0 Å². The molecule has 3 heteroatoms. The van der Waals surface area contributed by atoms with Gasteiger partial charge < -0.3 is 0 Å². The van der Waals surface area contributed by atoms with Crippen molar-refractivity contribution in [1.29, 1.82) is 0 Å². The molecular formula is C17H22F2O. The van der Waals surface area contributed by atoms with Crippen LogP contribution in [0.15, 0.2) is 18.2 Å². The highest BCUT2D eigenvalue weighted by molar-refractivity contribution is 5.87. The van der Waals surface area contributed by atoms with Gasteiger partial charge in [0.1, 0.15) is 5.78 Å². The van der Waals surface area contributed by atoms with Crippen LogP contribution < -0.4 is 0 Å². The fourth-order valence-electron chi connectivity index (χ4n) is 3.48. The minimum atomic E-state index is -0.876. The van der Waals surface area contributed by atoms with E-state index < -0.39 is 11.6 Å². The molecule has 2 rings (SSSR count). The lowest BCUT2D eigenvalue weighted by atomic mass is 9.73. The van der Waals surface area contributed by atoms with Gasteiger partial charge in [-0.25, -0.2) is 8.78 Å². The molecule has 1 fully saturated rings. The van der Waals surface area contributed by atoms with E-state index in [1.807, 2.05) is 0 Å². The molecule has 1 aromatic carbocycles. The lowest BCUT2D eigenvalue weighted by Gasteiger charge is -2.29. The van der Waals surface area contributed by atoms with Gasteiger partial charge in [-0.15, -0.1) is 0 Å². The molecule has 0 N–H and O–H groups in total. The van der Waals surface area contributed by atoms with E-state index in [-0.39, 0.29) is 23.2 Å². The van der Waals surface area contributed by atoms with Crippen molar-refractivity contribution in [2.24, 2.45) is 11.3 Å². The van der Waals surface area contributed by atoms with Gasteiger partial charge in [0.25, 0.3) is 0 Å². The molecule has 1 nitrogen and oxygen atoms in total. The Kier molecular flexibility index (Phi) is 4.56. The van der Waals surface area contributed by atoms with Crippen LogP contribution in [0.25, 0.3) is 0 Å². The van der Waals surface area contributed by atoms with E-state index in [0.717, 1.165) is 38.2 Å². The summed E-state index contributed by atoms with van der Waals surface area (Å²) in [7, 11) is 0. The summed E-state index contributed by atoms with van der Waals surface area (Å²) in [5.74, 6) is -1.24. The van der Waals surface area contributed by atoms with Crippen molar-refractivity contribution in [3.05, 3.63) is 35.4 Å². The standard InChI is InChI=1S/C17H22F2O/c1-12(2)11-17(8-3-4-9-17)15(20)10-13-6-5-7-14(18)16(13)19/h5-7,12H,3-4,8-11H2,1-2H3. The van der Waals surface area contributed by atoms with Gasteiger partial charge >= 0.3 is 0 Å².